The molecule has 0 radical (unpaired) electrons. The SMILES string of the molecule is C[C@@H](ON1C(C)(C)OCC12C1CCC(C1)C2(C)C)c1ccccc1. The van der Waals surface area contributed by atoms with Crippen molar-refractivity contribution in [3.8, 4) is 0 Å². The maximum absolute atomic E-state index is 6.65. The molecular formula is C21H31NO2. The van der Waals surface area contributed by atoms with Crippen LogP contribution in [0.15, 0.2) is 30.3 Å². The maximum Gasteiger partial charge on any atom is 0.139 e. The third kappa shape index (κ3) is 2.07. The van der Waals surface area contributed by atoms with Crippen LogP contribution in [0, 0.1) is 17.3 Å². The van der Waals surface area contributed by atoms with Gasteiger partial charge in [0, 0.05) is 0 Å². The van der Waals surface area contributed by atoms with Crippen LogP contribution in [0.4, 0.5) is 0 Å². The molecule has 3 heteroatoms. The fraction of sp³-hybridized carbons (Fsp3) is 0.714. The summed E-state index contributed by atoms with van der Waals surface area (Å²) < 4.78 is 6.32. The fourth-order valence-electron chi connectivity index (χ4n) is 5.73. The lowest BCUT2D eigenvalue weighted by atomic mass is 9.63. The van der Waals surface area contributed by atoms with E-state index in [-0.39, 0.29) is 22.8 Å². The number of hydroxylamine groups is 2. The van der Waals surface area contributed by atoms with Crippen LogP contribution in [0.5, 0.6) is 0 Å². The summed E-state index contributed by atoms with van der Waals surface area (Å²) in [4.78, 5) is 6.65. The van der Waals surface area contributed by atoms with E-state index in [4.69, 9.17) is 9.57 Å². The molecule has 1 saturated heterocycles. The number of fused-ring (bicyclic) bond motifs is 3. The first-order valence-electron chi connectivity index (χ1n) is 9.45. The second kappa shape index (κ2) is 5.30. The van der Waals surface area contributed by atoms with Crippen LogP contribution in [-0.4, -0.2) is 22.9 Å². The van der Waals surface area contributed by atoms with Gasteiger partial charge in [0.05, 0.1) is 12.1 Å². The predicted octanol–water partition coefficient (Wildman–Crippen LogP) is 4.94. The highest BCUT2D eigenvalue weighted by Gasteiger charge is 2.71. The van der Waals surface area contributed by atoms with Gasteiger partial charge in [-0.1, -0.05) is 44.2 Å². The highest BCUT2D eigenvalue weighted by atomic mass is 16.7. The van der Waals surface area contributed by atoms with Crippen LogP contribution in [0.2, 0.25) is 0 Å². The number of ether oxygens (including phenoxy) is 1. The minimum absolute atomic E-state index is 0.00244. The number of nitrogens with zero attached hydrogens (tertiary/aromatic N) is 1. The molecule has 3 aliphatic rings. The Hall–Kier alpha value is -0.900. The topological polar surface area (TPSA) is 21.7 Å². The third-order valence-corrected chi connectivity index (χ3v) is 7.27. The molecule has 1 aromatic rings. The number of benzene rings is 1. The van der Waals surface area contributed by atoms with Crippen molar-refractivity contribution in [2.24, 2.45) is 17.3 Å². The van der Waals surface area contributed by atoms with Crippen molar-refractivity contribution in [3.05, 3.63) is 35.9 Å². The Bertz CT molecular complexity index is 612. The van der Waals surface area contributed by atoms with Gasteiger partial charge in [-0.05, 0) is 62.8 Å². The molecule has 3 unspecified atom stereocenters. The standard InChI is InChI=1S/C21H31NO2/c1-15(16-9-7-6-8-10-16)24-22-20(4,5)23-14-21(22)18-12-11-17(13-18)19(21,2)3/h6-10,15,17-18H,11-14H2,1-5H3/t15-,17?,18?,21?/m1/s1. The Morgan fingerprint density at radius 3 is 2.38 bits per heavy atom. The molecule has 0 N–H and O–H groups in total. The van der Waals surface area contributed by atoms with Crippen molar-refractivity contribution in [3.63, 3.8) is 0 Å². The van der Waals surface area contributed by atoms with E-state index < -0.39 is 0 Å². The molecule has 4 atom stereocenters. The van der Waals surface area contributed by atoms with Crippen LogP contribution >= 0.6 is 0 Å². The summed E-state index contributed by atoms with van der Waals surface area (Å²) in [5.74, 6) is 1.47. The van der Waals surface area contributed by atoms with Crippen molar-refractivity contribution in [2.75, 3.05) is 6.61 Å². The van der Waals surface area contributed by atoms with Crippen LogP contribution in [0.1, 0.15) is 65.5 Å². The van der Waals surface area contributed by atoms with Crippen LogP contribution in [0.3, 0.4) is 0 Å². The summed E-state index contributed by atoms with van der Waals surface area (Å²) in [7, 11) is 0. The van der Waals surface area contributed by atoms with E-state index in [1.807, 2.05) is 0 Å². The molecule has 132 valence electrons. The molecule has 24 heavy (non-hydrogen) atoms. The molecule has 3 fully saturated rings. The Morgan fingerprint density at radius 2 is 1.75 bits per heavy atom. The van der Waals surface area contributed by atoms with E-state index >= 15 is 0 Å². The van der Waals surface area contributed by atoms with E-state index in [0.29, 0.717) is 5.92 Å². The van der Waals surface area contributed by atoms with Gasteiger partial charge in [0.15, 0.2) is 0 Å². The van der Waals surface area contributed by atoms with E-state index in [0.717, 1.165) is 12.5 Å². The monoisotopic (exact) mass is 329 g/mol. The molecule has 0 amide bonds. The van der Waals surface area contributed by atoms with Crippen molar-refractivity contribution in [1.29, 1.82) is 0 Å². The normalized spacial score (nSPS) is 38.0. The number of rotatable bonds is 3. The molecule has 2 aliphatic carbocycles. The lowest BCUT2D eigenvalue weighted by Gasteiger charge is -2.53. The van der Waals surface area contributed by atoms with Crippen LogP contribution in [0.25, 0.3) is 0 Å². The first-order valence-corrected chi connectivity index (χ1v) is 9.45. The summed E-state index contributed by atoms with van der Waals surface area (Å²) in [6, 6.07) is 10.5. The van der Waals surface area contributed by atoms with Crippen LogP contribution < -0.4 is 0 Å². The second-order valence-corrected chi connectivity index (χ2v) is 9.04. The Labute approximate surface area is 146 Å². The van der Waals surface area contributed by atoms with Gasteiger partial charge in [-0.2, -0.15) is 0 Å². The highest BCUT2D eigenvalue weighted by molar-refractivity contribution is 5.20. The Kier molecular flexibility index (Phi) is 3.66. The quantitative estimate of drug-likeness (QED) is 0.784. The second-order valence-electron chi connectivity index (χ2n) is 9.04. The summed E-state index contributed by atoms with van der Waals surface area (Å²) >= 11 is 0. The zero-order valence-corrected chi connectivity index (χ0v) is 15.7. The first kappa shape index (κ1) is 16.6. The van der Waals surface area contributed by atoms with Gasteiger partial charge in [-0.3, -0.25) is 4.84 Å². The van der Waals surface area contributed by atoms with Crippen molar-refractivity contribution >= 4 is 0 Å². The molecule has 1 aromatic carbocycles. The number of hydrogen-bond acceptors (Lipinski definition) is 3. The zero-order valence-electron chi connectivity index (χ0n) is 15.7. The highest BCUT2D eigenvalue weighted by Crippen LogP contribution is 2.67. The summed E-state index contributed by atoms with van der Waals surface area (Å²) in [6.07, 6.45) is 4.03. The Morgan fingerprint density at radius 1 is 1.08 bits per heavy atom. The van der Waals surface area contributed by atoms with Gasteiger partial charge in [-0.15, -0.1) is 5.06 Å². The van der Waals surface area contributed by atoms with E-state index in [1.54, 1.807) is 0 Å². The van der Waals surface area contributed by atoms with Gasteiger partial charge in [0.25, 0.3) is 0 Å². The first-order chi connectivity index (χ1) is 11.3. The van der Waals surface area contributed by atoms with Gasteiger partial charge in [0.2, 0.25) is 0 Å². The maximum atomic E-state index is 6.65. The van der Waals surface area contributed by atoms with Crippen molar-refractivity contribution < 1.29 is 9.57 Å². The summed E-state index contributed by atoms with van der Waals surface area (Å²) in [5, 5.41) is 2.27. The molecule has 4 rings (SSSR count). The van der Waals surface area contributed by atoms with Crippen LogP contribution in [-0.2, 0) is 9.57 Å². The minimum atomic E-state index is -0.384. The molecule has 2 saturated carbocycles. The number of hydrogen-bond donors (Lipinski definition) is 0. The van der Waals surface area contributed by atoms with E-state index in [2.05, 4.69) is 70.0 Å². The molecule has 1 spiro atoms. The van der Waals surface area contributed by atoms with Gasteiger partial charge in [-0.25, -0.2) is 0 Å². The smallest absolute Gasteiger partial charge is 0.139 e. The Balaban J connectivity index is 1.69. The molecular weight excluding hydrogens is 298 g/mol. The third-order valence-electron chi connectivity index (χ3n) is 7.27. The van der Waals surface area contributed by atoms with Gasteiger partial charge < -0.3 is 4.74 Å². The molecule has 3 nitrogen and oxygen atoms in total. The van der Waals surface area contributed by atoms with Crippen molar-refractivity contribution in [2.45, 2.75) is 71.2 Å². The fourth-order valence-corrected chi connectivity index (χ4v) is 5.73. The lowest BCUT2D eigenvalue weighted by molar-refractivity contribution is -0.321. The minimum Gasteiger partial charge on any atom is -0.357 e. The molecule has 2 bridgehead atoms. The van der Waals surface area contributed by atoms with Gasteiger partial charge >= 0.3 is 0 Å². The average Bonchev–Trinajstić information content (AvgIpc) is 3.18. The largest absolute Gasteiger partial charge is 0.357 e. The predicted molar refractivity (Wildman–Crippen MR) is 95.2 cm³/mol. The van der Waals surface area contributed by atoms with E-state index in [9.17, 15) is 0 Å². The molecule has 1 heterocycles. The molecule has 1 aliphatic heterocycles. The van der Waals surface area contributed by atoms with Gasteiger partial charge in [0.1, 0.15) is 11.8 Å². The zero-order chi connectivity index (χ0) is 17.2. The summed E-state index contributed by atoms with van der Waals surface area (Å²) in [5.41, 5.74) is 1.06. The van der Waals surface area contributed by atoms with Crippen molar-refractivity contribution in [1.82, 2.24) is 5.06 Å². The lowest BCUT2D eigenvalue weighted by Crippen LogP contribution is -2.63. The molecule has 0 aromatic heterocycles. The van der Waals surface area contributed by atoms with E-state index in [1.165, 1.54) is 24.8 Å². The summed E-state index contributed by atoms with van der Waals surface area (Å²) in [6.45, 7) is 12.1. The average molecular weight is 329 g/mol.